The van der Waals surface area contributed by atoms with Crippen LogP contribution in [0.2, 0.25) is 0 Å². The highest BCUT2D eigenvalue weighted by Gasteiger charge is 2.26. The Morgan fingerprint density at radius 3 is 2.48 bits per heavy atom. The molecule has 0 saturated heterocycles. The largest absolute Gasteiger partial charge is 0.481 e. The lowest BCUT2D eigenvalue weighted by Gasteiger charge is -2.26. The second-order valence-electron chi connectivity index (χ2n) is 6.11. The fraction of sp³-hybridized carbons (Fsp3) is 0.867. The highest BCUT2D eigenvalue weighted by Crippen LogP contribution is 2.24. The van der Waals surface area contributed by atoms with E-state index in [1.165, 1.54) is 0 Å². The Hall–Kier alpha value is -1.30. The second-order valence-corrected chi connectivity index (χ2v) is 6.11. The van der Waals surface area contributed by atoms with E-state index in [4.69, 9.17) is 9.84 Å². The number of carbonyl (C=O) groups is 2. The van der Waals surface area contributed by atoms with Crippen LogP contribution in [0.15, 0.2) is 0 Å². The van der Waals surface area contributed by atoms with Crippen LogP contribution < -0.4 is 10.6 Å². The van der Waals surface area contributed by atoms with Crippen LogP contribution in [0.25, 0.3) is 0 Å². The predicted octanol–water partition coefficient (Wildman–Crippen LogP) is 1.99. The summed E-state index contributed by atoms with van der Waals surface area (Å²) in [5.74, 6) is -0.439. The third-order valence-corrected chi connectivity index (χ3v) is 3.61. The summed E-state index contributed by atoms with van der Waals surface area (Å²) in [4.78, 5) is 22.5. The number of aliphatic carboxylic acids is 1. The summed E-state index contributed by atoms with van der Waals surface area (Å²) >= 11 is 0. The summed E-state index contributed by atoms with van der Waals surface area (Å²) < 4.78 is 5.43. The van der Waals surface area contributed by atoms with Crippen LogP contribution >= 0.6 is 0 Å². The molecule has 122 valence electrons. The first-order valence-electron chi connectivity index (χ1n) is 7.84. The first-order valence-corrected chi connectivity index (χ1v) is 7.84. The van der Waals surface area contributed by atoms with Gasteiger partial charge in [-0.15, -0.1) is 0 Å². The maximum Gasteiger partial charge on any atom is 0.315 e. The van der Waals surface area contributed by atoms with Crippen molar-refractivity contribution in [3.05, 3.63) is 0 Å². The maximum atomic E-state index is 11.7. The van der Waals surface area contributed by atoms with Gasteiger partial charge in [0, 0.05) is 25.8 Å². The fourth-order valence-electron chi connectivity index (χ4n) is 2.42. The molecule has 0 radical (unpaired) electrons. The van der Waals surface area contributed by atoms with E-state index in [-0.39, 0.29) is 18.0 Å². The Balaban J connectivity index is 2.03. The Morgan fingerprint density at radius 1 is 1.24 bits per heavy atom. The van der Waals surface area contributed by atoms with Gasteiger partial charge in [-0.05, 0) is 38.0 Å². The average Bonchev–Trinajstić information content (AvgIpc) is 2.43. The first kappa shape index (κ1) is 17.8. The maximum absolute atomic E-state index is 11.7. The molecule has 0 atom stereocenters. The van der Waals surface area contributed by atoms with Gasteiger partial charge in [0.15, 0.2) is 0 Å². The highest BCUT2D eigenvalue weighted by atomic mass is 16.5. The van der Waals surface area contributed by atoms with E-state index in [0.29, 0.717) is 31.9 Å². The van der Waals surface area contributed by atoms with Gasteiger partial charge in [-0.25, -0.2) is 4.79 Å². The molecule has 0 heterocycles. The van der Waals surface area contributed by atoms with Crippen molar-refractivity contribution in [2.24, 2.45) is 11.8 Å². The van der Waals surface area contributed by atoms with E-state index in [2.05, 4.69) is 24.5 Å². The van der Waals surface area contributed by atoms with Crippen molar-refractivity contribution in [3.8, 4) is 0 Å². The molecule has 0 unspecified atom stereocenters. The molecule has 6 nitrogen and oxygen atoms in total. The van der Waals surface area contributed by atoms with Gasteiger partial charge in [-0.3, -0.25) is 4.79 Å². The lowest BCUT2D eigenvalue weighted by Crippen LogP contribution is -2.44. The molecule has 21 heavy (non-hydrogen) atoms. The minimum atomic E-state index is -0.723. The highest BCUT2D eigenvalue weighted by molar-refractivity contribution is 5.74. The van der Waals surface area contributed by atoms with Crippen molar-refractivity contribution in [3.63, 3.8) is 0 Å². The molecule has 1 saturated carbocycles. The first-order chi connectivity index (χ1) is 9.99. The third-order valence-electron chi connectivity index (χ3n) is 3.61. The lowest BCUT2D eigenvalue weighted by molar-refractivity contribution is -0.142. The third kappa shape index (κ3) is 7.90. The van der Waals surface area contributed by atoms with E-state index in [0.717, 1.165) is 25.9 Å². The van der Waals surface area contributed by atoms with Gasteiger partial charge in [0.05, 0.1) is 5.92 Å². The summed E-state index contributed by atoms with van der Waals surface area (Å²) in [6, 6.07) is -0.0737. The van der Waals surface area contributed by atoms with E-state index in [9.17, 15) is 9.59 Å². The summed E-state index contributed by atoms with van der Waals surface area (Å²) in [5, 5.41) is 14.6. The number of ether oxygens (including phenoxy) is 1. The van der Waals surface area contributed by atoms with Crippen LogP contribution in [0.3, 0.4) is 0 Å². The zero-order valence-corrected chi connectivity index (χ0v) is 13.1. The second kappa shape index (κ2) is 9.60. The molecule has 1 aliphatic rings. The van der Waals surface area contributed by atoms with Crippen LogP contribution in [0.4, 0.5) is 4.79 Å². The molecule has 3 N–H and O–H groups in total. The van der Waals surface area contributed by atoms with Gasteiger partial charge < -0.3 is 20.5 Å². The molecule has 2 amide bonds. The van der Waals surface area contributed by atoms with Gasteiger partial charge >= 0.3 is 12.0 Å². The molecule has 0 aromatic rings. The van der Waals surface area contributed by atoms with Crippen molar-refractivity contribution in [1.82, 2.24) is 10.6 Å². The number of hydrogen-bond acceptors (Lipinski definition) is 3. The van der Waals surface area contributed by atoms with Crippen molar-refractivity contribution < 1.29 is 19.4 Å². The Labute approximate surface area is 126 Å². The topological polar surface area (TPSA) is 87.7 Å². The van der Waals surface area contributed by atoms with Crippen molar-refractivity contribution in [2.75, 3.05) is 19.8 Å². The molecule has 0 bridgehead atoms. The van der Waals surface area contributed by atoms with Crippen molar-refractivity contribution in [2.45, 2.75) is 52.0 Å². The Morgan fingerprint density at radius 2 is 1.90 bits per heavy atom. The van der Waals surface area contributed by atoms with Crippen LogP contribution in [0.5, 0.6) is 0 Å². The van der Waals surface area contributed by atoms with Gasteiger partial charge in [0.1, 0.15) is 0 Å². The van der Waals surface area contributed by atoms with Gasteiger partial charge in [0.25, 0.3) is 0 Å². The van der Waals surface area contributed by atoms with Gasteiger partial charge in [-0.1, -0.05) is 13.8 Å². The predicted molar refractivity (Wildman–Crippen MR) is 80.2 cm³/mol. The van der Waals surface area contributed by atoms with E-state index >= 15 is 0 Å². The molecule has 0 aromatic heterocycles. The number of carboxylic acid groups (broad SMARTS) is 1. The number of carbonyl (C=O) groups excluding carboxylic acids is 1. The number of urea groups is 1. The average molecular weight is 300 g/mol. The summed E-state index contributed by atoms with van der Waals surface area (Å²) in [6.45, 7) is 6.20. The number of carboxylic acids is 1. The van der Waals surface area contributed by atoms with E-state index < -0.39 is 5.97 Å². The summed E-state index contributed by atoms with van der Waals surface area (Å²) in [7, 11) is 0. The van der Waals surface area contributed by atoms with Crippen LogP contribution in [-0.2, 0) is 9.53 Å². The van der Waals surface area contributed by atoms with E-state index in [1.54, 1.807) is 0 Å². The molecule has 1 fully saturated rings. The molecule has 0 aliphatic heterocycles. The lowest BCUT2D eigenvalue weighted by atomic mass is 9.86. The standard InChI is InChI=1S/C15H28N2O4/c1-11(2)10-21-9-3-8-16-15(20)17-13-6-4-12(5-7-13)14(18)19/h11-13H,3-10H2,1-2H3,(H,18,19)(H2,16,17,20). The number of hydrogen-bond donors (Lipinski definition) is 3. The van der Waals surface area contributed by atoms with E-state index in [1.807, 2.05) is 0 Å². The zero-order valence-electron chi connectivity index (χ0n) is 13.1. The number of amides is 2. The van der Waals surface area contributed by atoms with Gasteiger partial charge in [-0.2, -0.15) is 0 Å². The zero-order chi connectivity index (χ0) is 15.7. The molecule has 0 spiro atoms. The molecule has 1 aliphatic carbocycles. The molecular formula is C15H28N2O4. The van der Waals surface area contributed by atoms with Crippen molar-refractivity contribution in [1.29, 1.82) is 0 Å². The SMILES string of the molecule is CC(C)COCCCNC(=O)NC1CCC(C(=O)O)CC1. The molecule has 0 aromatic carbocycles. The minimum absolute atomic E-state index is 0.0952. The van der Waals surface area contributed by atoms with Gasteiger partial charge in [0.2, 0.25) is 0 Å². The minimum Gasteiger partial charge on any atom is -0.481 e. The summed E-state index contributed by atoms with van der Waals surface area (Å²) in [6.07, 6.45) is 3.56. The number of nitrogens with one attached hydrogen (secondary N) is 2. The summed E-state index contributed by atoms with van der Waals surface area (Å²) in [5.41, 5.74) is 0. The van der Waals surface area contributed by atoms with Crippen LogP contribution in [-0.4, -0.2) is 42.9 Å². The molecule has 1 rings (SSSR count). The quantitative estimate of drug-likeness (QED) is 0.598. The monoisotopic (exact) mass is 300 g/mol. The molecule has 6 heteroatoms. The fourth-order valence-corrected chi connectivity index (χ4v) is 2.42. The normalized spacial score (nSPS) is 22.0. The smallest absolute Gasteiger partial charge is 0.315 e. The molecular weight excluding hydrogens is 272 g/mol. The Kier molecular flexibility index (Phi) is 8.12. The Bertz CT molecular complexity index is 326. The van der Waals surface area contributed by atoms with Crippen LogP contribution in [0, 0.1) is 11.8 Å². The van der Waals surface area contributed by atoms with Crippen molar-refractivity contribution >= 4 is 12.0 Å². The van der Waals surface area contributed by atoms with Crippen LogP contribution in [0.1, 0.15) is 46.0 Å². The number of rotatable bonds is 8.